The number of hydrogen-bond acceptors (Lipinski definition) is 3. The molecular formula is C16H18N2O2. The van der Waals surface area contributed by atoms with Crippen LogP contribution in [0.3, 0.4) is 0 Å². The lowest BCUT2D eigenvalue weighted by atomic mass is 9.99. The number of ether oxygens (including phenoxy) is 1. The van der Waals surface area contributed by atoms with Gasteiger partial charge in [-0.15, -0.1) is 0 Å². The minimum atomic E-state index is -0.0362. The van der Waals surface area contributed by atoms with Gasteiger partial charge in [-0.25, -0.2) is 0 Å². The number of amides is 1. The topological polar surface area (TPSA) is 51.2 Å². The summed E-state index contributed by atoms with van der Waals surface area (Å²) < 4.78 is 5.21. The standard InChI is InChI=1S/C16H18N2O2/c1-12(13-6-5-9-17-11-13)10-16(19)18-14-7-3-4-8-15(14)20-2/h3-9,11-12H,10H2,1-2H3,(H,18,19). The van der Waals surface area contributed by atoms with Crippen molar-refractivity contribution in [2.75, 3.05) is 12.4 Å². The molecule has 0 saturated carbocycles. The maximum atomic E-state index is 12.1. The van der Waals surface area contributed by atoms with Gasteiger partial charge in [-0.1, -0.05) is 25.1 Å². The quantitative estimate of drug-likeness (QED) is 0.907. The zero-order valence-corrected chi connectivity index (χ0v) is 11.7. The first-order valence-corrected chi connectivity index (χ1v) is 6.53. The number of carbonyl (C=O) groups is 1. The monoisotopic (exact) mass is 270 g/mol. The van der Waals surface area contributed by atoms with Crippen LogP contribution in [-0.4, -0.2) is 18.0 Å². The van der Waals surface area contributed by atoms with E-state index in [1.807, 2.05) is 43.3 Å². The predicted octanol–water partition coefficient (Wildman–Crippen LogP) is 3.22. The second-order valence-corrected chi connectivity index (χ2v) is 4.64. The maximum absolute atomic E-state index is 12.1. The molecule has 4 nitrogen and oxygen atoms in total. The number of para-hydroxylation sites is 2. The molecular weight excluding hydrogens is 252 g/mol. The van der Waals surface area contributed by atoms with E-state index >= 15 is 0 Å². The molecule has 0 bridgehead atoms. The molecule has 1 aromatic heterocycles. The molecule has 104 valence electrons. The summed E-state index contributed by atoms with van der Waals surface area (Å²) in [6.45, 7) is 2.01. The molecule has 1 amide bonds. The molecule has 0 fully saturated rings. The largest absolute Gasteiger partial charge is 0.495 e. The summed E-state index contributed by atoms with van der Waals surface area (Å²) in [5.41, 5.74) is 1.75. The summed E-state index contributed by atoms with van der Waals surface area (Å²) in [5, 5.41) is 2.88. The second kappa shape index (κ2) is 6.70. The van der Waals surface area contributed by atoms with Gasteiger partial charge in [-0.05, 0) is 29.7 Å². The van der Waals surface area contributed by atoms with Gasteiger partial charge < -0.3 is 10.1 Å². The minimum absolute atomic E-state index is 0.0362. The average molecular weight is 270 g/mol. The van der Waals surface area contributed by atoms with Gasteiger partial charge in [0.1, 0.15) is 5.75 Å². The molecule has 1 heterocycles. The molecule has 0 aliphatic rings. The van der Waals surface area contributed by atoms with E-state index in [4.69, 9.17) is 4.74 Å². The van der Waals surface area contributed by atoms with E-state index in [0.717, 1.165) is 5.56 Å². The molecule has 0 radical (unpaired) electrons. The van der Waals surface area contributed by atoms with Gasteiger partial charge in [0.15, 0.2) is 0 Å². The highest BCUT2D eigenvalue weighted by Gasteiger charge is 2.13. The van der Waals surface area contributed by atoms with Crippen molar-refractivity contribution in [3.63, 3.8) is 0 Å². The maximum Gasteiger partial charge on any atom is 0.225 e. The van der Waals surface area contributed by atoms with E-state index in [-0.39, 0.29) is 11.8 Å². The van der Waals surface area contributed by atoms with Crippen LogP contribution in [0.2, 0.25) is 0 Å². The van der Waals surface area contributed by atoms with Gasteiger partial charge in [-0.2, -0.15) is 0 Å². The zero-order chi connectivity index (χ0) is 14.4. The van der Waals surface area contributed by atoms with Crippen LogP contribution in [0.15, 0.2) is 48.8 Å². The van der Waals surface area contributed by atoms with Crippen LogP contribution in [0.5, 0.6) is 5.75 Å². The number of carbonyl (C=O) groups excluding carboxylic acids is 1. The third-order valence-corrected chi connectivity index (χ3v) is 3.13. The lowest BCUT2D eigenvalue weighted by Crippen LogP contribution is -2.15. The highest BCUT2D eigenvalue weighted by molar-refractivity contribution is 5.92. The van der Waals surface area contributed by atoms with Gasteiger partial charge in [0.25, 0.3) is 0 Å². The first-order valence-electron chi connectivity index (χ1n) is 6.53. The summed E-state index contributed by atoms with van der Waals surface area (Å²) in [6.07, 6.45) is 3.93. The predicted molar refractivity (Wildman–Crippen MR) is 78.9 cm³/mol. The molecule has 2 rings (SSSR count). The number of nitrogens with one attached hydrogen (secondary N) is 1. The van der Waals surface area contributed by atoms with Crippen molar-refractivity contribution in [2.45, 2.75) is 19.3 Å². The van der Waals surface area contributed by atoms with Crippen molar-refractivity contribution in [3.05, 3.63) is 54.4 Å². The van der Waals surface area contributed by atoms with Crippen LogP contribution >= 0.6 is 0 Å². The smallest absolute Gasteiger partial charge is 0.225 e. The summed E-state index contributed by atoms with van der Waals surface area (Å²) in [6, 6.07) is 11.2. The zero-order valence-electron chi connectivity index (χ0n) is 11.7. The van der Waals surface area contributed by atoms with E-state index in [9.17, 15) is 4.79 Å². The number of rotatable bonds is 5. The van der Waals surface area contributed by atoms with Gasteiger partial charge >= 0.3 is 0 Å². The molecule has 0 saturated heterocycles. The van der Waals surface area contributed by atoms with Gasteiger partial charge in [0, 0.05) is 18.8 Å². The molecule has 1 N–H and O–H groups in total. The number of hydrogen-bond donors (Lipinski definition) is 1. The number of anilines is 1. The average Bonchev–Trinajstić information content (AvgIpc) is 2.48. The third-order valence-electron chi connectivity index (χ3n) is 3.13. The molecule has 0 aliphatic heterocycles. The Morgan fingerprint density at radius 3 is 2.80 bits per heavy atom. The third kappa shape index (κ3) is 3.57. The number of methoxy groups -OCH3 is 1. The fourth-order valence-electron chi connectivity index (χ4n) is 2.01. The van der Waals surface area contributed by atoms with Gasteiger partial charge in [0.05, 0.1) is 12.8 Å². The van der Waals surface area contributed by atoms with Crippen LogP contribution in [-0.2, 0) is 4.79 Å². The summed E-state index contributed by atoms with van der Waals surface area (Å²) in [7, 11) is 1.59. The highest BCUT2D eigenvalue weighted by Crippen LogP contribution is 2.24. The second-order valence-electron chi connectivity index (χ2n) is 4.64. The van der Waals surface area contributed by atoms with Crippen molar-refractivity contribution in [1.82, 2.24) is 4.98 Å². The molecule has 20 heavy (non-hydrogen) atoms. The highest BCUT2D eigenvalue weighted by atomic mass is 16.5. The number of aromatic nitrogens is 1. The molecule has 0 spiro atoms. The Kier molecular flexibility index (Phi) is 4.71. The van der Waals surface area contributed by atoms with E-state index in [1.54, 1.807) is 19.5 Å². The van der Waals surface area contributed by atoms with Crippen LogP contribution in [0.1, 0.15) is 24.8 Å². The Bertz CT molecular complexity index is 570. The van der Waals surface area contributed by atoms with Crippen LogP contribution in [0, 0.1) is 0 Å². The normalized spacial score (nSPS) is 11.7. The fraction of sp³-hybridized carbons (Fsp3) is 0.250. The van der Waals surface area contributed by atoms with E-state index in [1.165, 1.54) is 0 Å². The van der Waals surface area contributed by atoms with E-state index in [0.29, 0.717) is 17.9 Å². The molecule has 0 aliphatic carbocycles. The number of benzene rings is 1. The number of pyridine rings is 1. The van der Waals surface area contributed by atoms with Crippen LogP contribution in [0.4, 0.5) is 5.69 Å². The van der Waals surface area contributed by atoms with Crippen molar-refractivity contribution in [3.8, 4) is 5.75 Å². The fourth-order valence-corrected chi connectivity index (χ4v) is 2.01. The molecule has 1 unspecified atom stereocenters. The van der Waals surface area contributed by atoms with Crippen molar-refractivity contribution in [2.24, 2.45) is 0 Å². The van der Waals surface area contributed by atoms with Crippen molar-refractivity contribution < 1.29 is 9.53 Å². The van der Waals surface area contributed by atoms with Gasteiger partial charge in [-0.3, -0.25) is 9.78 Å². The number of nitrogens with zero attached hydrogens (tertiary/aromatic N) is 1. The Morgan fingerprint density at radius 1 is 1.30 bits per heavy atom. The van der Waals surface area contributed by atoms with Crippen molar-refractivity contribution >= 4 is 11.6 Å². The summed E-state index contributed by atoms with van der Waals surface area (Å²) in [5.74, 6) is 0.749. The van der Waals surface area contributed by atoms with Gasteiger partial charge in [0.2, 0.25) is 5.91 Å². The molecule has 4 heteroatoms. The molecule has 1 atom stereocenters. The van der Waals surface area contributed by atoms with E-state index in [2.05, 4.69) is 10.3 Å². The Morgan fingerprint density at radius 2 is 2.10 bits per heavy atom. The van der Waals surface area contributed by atoms with E-state index < -0.39 is 0 Å². The SMILES string of the molecule is COc1ccccc1NC(=O)CC(C)c1cccnc1. The van der Waals surface area contributed by atoms with Crippen LogP contribution < -0.4 is 10.1 Å². The molecule has 2 aromatic rings. The van der Waals surface area contributed by atoms with Crippen molar-refractivity contribution in [1.29, 1.82) is 0 Å². The Balaban J connectivity index is 1.99. The molecule has 1 aromatic carbocycles. The minimum Gasteiger partial charge on any atom is -0.495 e. The van der Waals surface area contributed by atoms with Crippen LogP contribution in [0.25, 0.3) is 0 Å². The lowest BCUT2D eigenvalue weighted by Gasteiger charge is -2.13. The first kappa shape index (κ1) is 14.1. The Labute approximate surface area is 118 Å². The summed E-state index contributed by atoms with van der Waals surface area (Å²) >= 11 is 0. The summed E-state index contributed by atoms with van der Waals surface area (Å²) in [4.78, 5) is 16.1. The lowest BCUT2D eigenvalue weighted by molar-refractivity contribution is -0.116. The Hall–Kier alpha value is -2.36. The first-order chi connectivity index (χ1) is 9.70.